The average molecular weight is 265 g/mol. The third-order valence-electron chi connectivity index (χ3n) is 2.93. The van der Waals surface area contributed by atoms with Gasteiger partial charge < -0.3 is 5.32 Å². The normalized spacial score (nSPS) is 15.2. The minimum Gasteiger partial charge on any atom is -0.320 e. The number of rotatable bonds is 7. The zero-order valence-corrected chi connectivity index (χ0v) is 12.7. The Morgan fingerprint density at radius 1 is 1.29 bits per heavy atom. The highest BCUT2D eigenvalue weighted by Crippen LogP contribution is 2.19. The van der Waals surface area contributed by atoms with E-state index in [9.17, 15) is 8.42 Å². The summed E-state index contributed by atoms with van der Waals surface area (Å²) in [6.07, 6.45) is 0.803. The quantitative estimate of drug-likeness (QED) is 0.669. The molecule has 0 amide bonds. The molecule has 0 aromatic rings. The van der Waals surface area contributed by atoms with Crippen molar-refractivity contribution in [3.63, 3.8) is 0 Å². The van der Waals surface area contributed by atoms with Gasteiger partial charge in [0.15, 0.2) is 0 Å². The largest absolute Gasteiger partial charge is 0.320 e. The molecule has 0 aliphatic carbocycles. The molecule has 0 spiro atoms. The SMILES string of the molecule is CNCCCN(C)S(=O)(=O)NC(C)C(C)(C)C. The summed E-state index contributed by atoms with van der Waals surface area (Å²) in [6, 6.07) is -0.0979. The molecule has 0 aliphatic rings. The first kappa shape index (κ1) is 16.8. The second kappa shape index (κ2) is 6.68. The van der Waals surface area contributed by atoms with Gasteiger partial charge >= 0.3 is 0 Å². The maximum Gasteiger partial charge on any atom is 0.279 e. The van der Waals surface area contributed by atoms with Gasteiger partial charge in [-0.1, -0.05) is 20.8 Å². The fraction of sp³-hybridized carbons (Fsp3) is 1.00. The lowest BCUT2D eigenvalue weighted by Gasteiger charge is -2.29. The number of nitrogens with one attached hydrogen (secondary N) is 2. The van der Waals surface area contributed by atoms with Gasteiger partial charge in [0, 0.05) is 19.6 Å². The van der Waals surface area contributed by atoms with Crippen LogP contribution < -0.4 is 10.0 Å². The zero-order valence-electron chi connectivity index (χ0n) is 11.9. The molecule has 1 unspecified atom stereocenters. The minimum absolute atomic E-state index is 0.0844. The van der Waals surface area contributed by atoms with Crippen molar-refractivity contribution < 1.29 is 8.42 Å². The highest BCUT2D eigenvalue weighted by molar-refractivity contribution is 7.87. The molecule has 0 saturated heterocycles. The van der Waals surface area contributed by atoms with Crippen LogP contribution in [0.25, 0.3) is 0 Å². The van der Waals surface area contributed by atoms with Crippen LogP contribution >= 0.6 is 0 Å². The van der Waals surface area contributed by atoms with Crippen LogP contribution in [0.5, 0.6) is 0 Å². The van der Waals surface area contributed by atoms with E-state index in [4.69, 9.17) is 0 Å². The monoisotopic (exact) mass is 265 g/mol. The Labute approximate surface area is 106 Å². The molecule has 6 heteroatoms. The first-order chi connectivity index (χ1) is 7.61. The van der Waals surface area contributed by atoms with Crippen LogP contribution in [0.3, 0.4) is 0 Å². The lowest BCUT2D eigenvalue weighted by molar-refractivity contribution is 0.310. The first-order valence-electron chi connectivity index (χ1n) is 5.99. The maximum absolute atomic E-state index is 12.0. The molecule has 17 heavy (non-hydrogen) atoms. The van der Waals surface area contributed by atoms with Crippen molar-refractivity contribution in [2.75, 3.05) is 27.2 Å². The van der Waals surface area contributed by atoms with E-state index in [1.54, 1.807) is 7.05 Å². The van der Waals surface area contributed by atoms with E-state index in [1.165, 1.54) is 4.31 Å². The minimum atomic E-state index is -3.37. The second-order valence-corrected chi connectivity index (χ2v) is 7.30. The molecule has 5 nitrogen and oxygen atoms in total. The van der Waals surface area contributed by atoms with Crippen LogP contribution in [-0.2, 0) is 10.2 Å². The summed E-state index contributed by atoms with van der Waals surface area (Å²) in [5.41, 5.74) is -0.0844. The third kappa shape index (κ3) is 6.35. The number of hydrogen-bond donors (Lipinski definition) is 2. The molecule has 0 rings (SSSR count). The van der Waals surface area contributed by atoms with Crippen LogP contribution in [0, 0.1) is 5.41 Å². The number of nitrogens with zero attached hydrogens (tertiary/aromatic N) is 1. The Hall–Kier alpha value is -0.170. The molecule has 0 aliphatic heterocycles. The summed E-state index contributed by atoms with van der Waals surface area (Å²) in [5.74, 6) is 0. The highest BCUT2D eigenvalue weighted by atomic mass is 32.2. The molecule has 0 saturated carbocycles. The van der Waals surface area contributed by atoms with E-state index in [0.29, 0.717) is 6.54 Å². The fourth-order valence-electron chi connectivity index (χ4n) is 1.09. The smallest absolute Gasteiger partial charge is 0.279 e. The zero-order chi connectivity index (χ0) is 13.7. The molecule has 0 aromatic heterocycles. The Bertz CT molecular complexity index is 309. The van der Waals surface area contributed by atoms with Crippen molar-refractivity contribution in [3.05, 3.63) is 0 Å². The molecule has 0 aromatic carbocycles. The van der Waals surface area contributed by atoms with Crippen molar-refractivity contribution in [3.8, 4) is 0 Å². The number of hydrogen-bond acceptors (Lipinski definition) is 3. The Balaban J connectivity index is 4.37. The molecule has 2 N–H and O–H groups in total. The average Bonchev–Trinajstić information content (AvgIpc) is 2.15. The lowest BCUT2D eigenvalue weighted by Crippen LogP contribution is -2.47. The molecule has 0 fully saturated rings. The molecule has 0 bridgehead atoms. The summed E-state index contributed by atoms with van der Waals surface area (Å²) in [5, 5.41) is 3.00. The third-order valence-corrected chi connectivity index (χ3v) is 4.59. The standard InChI is InChI=1S/C11H27N3O2S/c1-10(11(2,3)4)13-17(15,16)14(6)9-7-8-12-5/h10,12-13H,7-9H2,1-6H3. The summed E-state index contributed by atoms with van der Waals surface area (Å²) in [7, 11) is 0.0925. The van der Waals surface area contributed by atoms with Crippen molar-refractivity contribution in [2.24, 2.45) is 5.41 Å². The van der Waals surface area contributed by atoms with E-state index in [1.807, 2.05) is 34.7 Å². The maximum atomic E-state index is 12.0. The Morgan fingerprint density at radius 2 is 1.82 bits per heavy atom. The van der Waals surface area contributed by atoms with Crippen molar-refractivity contribution in [1.82, 2.24) is 14.3 Å². The summed E-state index contributed by atoms with van der Waals surface area (Å²) < 4.78 is 28.0. The molecular weight excluding hydrogens is 238 g/mol. The van der Waals surface area contributed by atoms with Gasteiger partial charge in [-0.05, 0) is 32.4 Å². The fourth-order valence-corrected chi connectivity index (χ4v) is 2.44. The highest BCUT2D eigenvalue weighted by Gasteiger charge is 2.26. The molecular formula is C11H27N3O2S. The summed E-state index contributed by atoms with van der Waals surface area (Å²) in [4.78, 5) is 0. The van der Waals surface area contributed by atoms with Gasteiger partial charge in [0.05, 0.1) is 0 Å². The molecule has 104 valence electrons. The van der Waals surface area contributed by atoms with Crippen LogP contribution in [0.2, 0.25) is 0 Å². The first-order valence-corrected chi connectivity index (χ1v) is 7.43. The van der Waals surface area contributed by atoms with Crippen molar-refractivity contribution in [1.29, 1.82) is 0 Å². The Kier molecular flexibility index (Phi) is 6.61. The van der Waals surface area contributed by atoms with E-state index >= 15 is 0 Å². The topological polar surface area (TPSA) is 61.4 Å². The predicted octanol–water partition coefficient (Wildman–Crippen LogP) is 0.797. The van der Waals surface area contributed by atoms with Crippen molar-refractivity contribution in [2.45, 2.75) is 40.2 Å². The molecule has 0 radical (unpaired) electrons. The van der Waals surface area contributed by atoms with Gasteiger partial charge in [-0.2, -0.15) is 17.4 Å². The van der Waals surface area contributed by atoms with Gasteiger partial charge in [-0.15, -0.1) is 0 Å². The van der Waals surface area contributed by atoms with E-state index in [0.717, 1.165) is 13.0 Å². The van der Waals surface area contributed by atoms with E-state index in [2.05, 4.69) is 10.0 Å². The Morgan fingerprint density at radius 3 is 2.24 bits per heavy atom. The van der Waals surface area contributed by atoms with Gasteiger partial charge in [-0.3, -0.25) is 0 Å². The summed E-state index contributed by atoms with van der Waals surface area (Å²) in [6.45, 7) is 9.27. The summed E-state index contributed by atoms with van der Waals surface area (Å²) >= 11 is 0. The van der Waals surface area contributed by atoms with Crippen LogP contribution in [-0.4, -0.2) is 45.9 Å². The van der Waals surface area contributed by atoms with Gasteiger partial charge in [0.1, 0.15) is 0 Å². The van der Waals surface area contributed by atoms with Gasteiger partial charge in [0.25, 0.3) is 10.2 Å². The molecule has 0 heterocycles. The predicted molar refractivity (Wildman–Crippen MR) is 72.1 cm³/mol. The van der Waals surface area contributed by atoms with Crippen molar-refractivity contribution >= 4 is 10.2 Å². The lowest BCUT2D eigenvalue weighted by atomic mass is 9.89. The molecule has 1 atom stereocenters. The van der Waals surface area contributed by atoms with E-state index < -0.39 is 10.2 Å². The van der Waals surface area contributed by atoms with Crippen LogP contribution in [0.1, 0.15) is 34.1 Å². The second-order valence-electron chi connectivity index (χ2n) is 5.49. The van der Waals surface area contributed by atoms with Gasteiger partial charge in [0.2, 0.25) is 0 Å². The van der Waals surface area contributed by atoms with Crippen LogP contribution in [0.4, 0.5) is 0 Å². The van der Waals surface area contributed by atoms with Crippen LogP contribution in [0.15, 0.2) is 0 Å². The van der Waals surface area contributed by atoms with Gasteiger partial charge in [-0.25, -0.2) is 0 Å². The van der Waals surface area contributed by atoms with E-state index in [-0.39, 0.29) is 11.5 Å².